The monoisotopic (exact) mass is 262 g/mol. The minimum absolute atomic E-state index is 0.323. The van der Waals surface area contributed by atoms with Gasteiger partial charge in [0.25, 0.3) is 6.43 Å². The second-order valence-electron chi connectivity index (χ2n) is 5.12. The predicted molar refractivity (Wildman–Crippen MR) is 63.3 cm³/mol. The number of nitrogens with zero attached hydrogens (tertiary/aromatic N) is 1. The number of piperazine rings is 1. The molecule has 1 N–H and O–H groups in total. The third-order valence-electron chi connectivity index (χ3n) is 3.64. The van der Waals surface area contributed by atoms with Crippen LogP contribution >= 0.6 is 0 Å². The van der Waals surface area contributed by atoms with E-state index in [1.165, 1.54) is 13.8 Å². The van der Waals surface area contributed by atoms with E-state index in [0.29, 0.717) is 12.8 Å². The van der Waals surface area contributed by atoms with Crippen LogP contribution in [0.25, 0.3) is 0 Å². The molecule has 0 aromatic carbocycles. The van der Waals surface area contributed by atoms with Crippen LogP contribution in [0.5, 0.6) is 0 Å². The van der Waals surface area contributed by atoms with Crippen LogP contribution < -0.4 is 5.32 Å². The van der Waals surface area contributed by atoms with E-state index < -0.39 is 30.0 Å². The van der Waals surface area contributed by atoms with Crippen molar-refractivity contribution in [1.82, 2.24) is 10.2 Å². The molecular weight excluding hydrogens is 242 g/mol. The predicted octanol–water partition coefficient (Wildman–Crippen LogP) is 1.55. The van der Waals surface area contributed by atoms with Gasteiger partial charge >= 0.3 is 0 Å². The number of amides is 2. The van der Waals surface area contributed by atoms with Crippen molar-refractivity contribution in [1.29, 1.82) is 0 Å². The standard InChI is InChI=1S/C12H20F2N2O2/c1-5-12(6-2)9(17)15-11(3,4)10(18)16(12)7-8(13)14/h8H,5-7H2,1-4H3,(H,15,17). The zero-order valence-corrected chi connectivity index (χ0v) is 11.2. The highest BCUT2D eigenvalue weighted by Crippen LogP contribution is 2.32. The van der Waals surface area contributed by atoms with E-state index in [1.54, 1.807) is 13.8 Å². The van der Waals surface area contributed by atoms with Gasteiger partial charge in [0.1, 0.15) is 11.1 Å². The molecule has 1 rings (SSSR count). The van der Waals surface area contributed by atoms with Crippen LogP contribution in [0.15, 0.2) is 0 Å². The fraction of sp³-hybridized carbons (Fsp3) is 0.833. The Hall–Kier alpha value is -1.20. The average Bonchev–Trinajstić information content (AvgIpc) is 2.26. The maximum Gasteiger partial charge on any atom is 0.255 e. The largest absolute Gasteiger partial charge is 0.340 e. The normalized spacial score (nSPS) is 22.3. The lowest BCUT2D eigenvalue weighted by Gasteiger charge is -2.50. The van der Waals surface area contributed by atoms with Gasteiger partial charge in [-0.25, -0.2) is 8.78 Å². The number of carbonyl (C=O) groups excluding carboxylic acids is 2. The summed E-state index contributed by atoms with van der Waals surface area (Å²) >= 11 is 0. The van der Waals surface area contributed by atoms with Crippen LogP contribution in [0.2, 0.25) is 0 Å². The Morgan fingerprint density at radius 1 is 1.22 bits per heavy atom. The molecule has 0 bridgehead atoms. The summed E-state index contributed by atoms with van der Waals surface area (Å²) in [5, 5.41) is 2.63. The Labute approximate surface area is 106 Å². The molecule has 4 nitrogen and oxygen atoms in total. The van der Waals surface area contributed by atoms with E-state index in [-0.39, 0.29) is 5.91 Å². The molecule has 0 spiro atoms. The number of halogens is 2. The summed E-state index contributed by atoms with van der Waals surface area (Å²) in [6, 6.07) is 0. The van der Waals surface area contributed by atoms with Crippen molar-refractivity contribution in [2.75, 3.05) is 6.54 Å². The fourth-order valence-corrected chi connectivity index (χ4v) is 2.46. The molecule has 1 heterocycles. The highest BCUT2D eigenvalue weighted by atomic mass is 19.3. The Kier molecular flexibility index (Phi) is 3.98. The van der Waals surface area contributed by atoms with E-state index in [1.807, 2.05) is 0 Å². The highest BCUT2D eigenvalue weighted by molar-refractivity contribution is 6.01. The molecular formula is C12H20F2N2O2. The van der Waals surface area contributed by atoms with Gasteiger partial charge in [0.15, 0.2) is 0 Å². The molecule has 6 heteroatoms. The Morgan fingerprint density at radius 3 is 2.11 bits per heavy atom. The van der Waals surface area contributed by atoms with Crippen molar-refractivity contribution in [3.63, 3.8) is 0 Å². The second-order valence-corrected chi connectivity index (χ2v) is 5.12. The first-order chi connectivity index (χ1) is 8.21. The number of alkyl halides is 2. The third kappa shape index (κ3) is 2.20. The molecule has 1 aliphatic heterocycles. The topological polar surface area (TPSA) is 49.4 Å². The van der Waals surface area contributed by atoms with E-state index in [0.717, 1.165) is 4.90 Å². The smallest absolute Gasteiger partial charge is 0.255 e. The Morgan fingerprint density at radius 2 is 1.72 bits per heavy atom. The quantitative estimate of drug-likeness (QED) is 0.835. The molecule has 0 aromatic rings. The van der Waals surface area contributed by atoms with Crippen molar-refractivity contribution >= 4 is 11.8 Å². The van der Waals surface area contributed by atoms with Crippen molar-refractivity contribution < 1.29 is 18.4 Å². The number of rotatable bonds is 4. The van der Waals surface area contributed by atoms with Crippen molar-refractivity contribution in [2.24, 2.45) is 0 Å². The van der Waals surface area contributed by atoms with Crippen LogP contribution in [-0.4, -0.2) is 40.8 Å². The molecule has 2 amide bonds. The zero-order valence-electron chi connectivity index (χ0n) is 11.2. The van der Waals surface area contributed by atoms with Gasteiger partial charge in [0.05, 0.1) is 6.54 Å². The molecule has 0 aromatic heterocycles. The summed E-state index contributed by atoms with van der Waals surface area (Å²) in [6.07, 6.45) is -2.00. The lowest BCUT2D eigenvalue weighted by Crippen LogP contribution is -2.74. The molecule has 0 atom stereocenters. The van der Waals surface area contributed by atoms with Gasteiger partial charge < -0.3 is 10.2 Å². The van der Waals surface area contributed by atoms with Crippen LogP contribution in [-0.2, 0) is 9.59 Å². The maximum atomic E-state index is 12.7. The van der Waals surface area contributed by atoms with Crippen LogP contribution in [0.3, 0.4) is 0 Å². The number of carbonyl (C=O) groups is 2. The van der Waals surface area contributed by atoms with Gasteiger partial charge in [-0.1, -0.05) is 13.8 Å². The molecule has 0 aliphatic carbocycles. The number of hydrogen-bond acceptors (Lipinski definition) is 2. The van der Waals surface area contributed by atoms with Crippen molar-refractivity contribution in [2.45, 2.75) is 58.0 Å². The lowest BCUT2D eigenvalue weighted by molar-refractivity contribution is -0.165. The summed E-state index contributed by atoms with van der Waals surface area (Å²) in [4.78, 5) is 25.5. The second kappa shape index (κ2) is 4.82. The first-order valence-corrected chi connectivity index (χ1v) is 6.14. The fourth-order valence-electron chi connectivity index (χ4n) is 2.46. The maximum absolute atomic E-state index is 12.7. The molecule has 0 saturated carbocycles. The molecule has 0 radical (unpaired) electrons. The highest BCUT2D eigenvalue weighted by Gasteiger charge is 2.53. The van der Waals surface area contributed by atoms with Gasteiger partial charge in [-0.15, -0.1) is 0 Å². The van der Waals surface area contributed by atoms with Crippen molar-refractivity contribution in [3.05, 3.63) is 0 Å². The molecule has 0 unspecified atom stereocenters. The summed E-state index contributed by atoms with van der Waals surface area (Å²) in [7, 11) is 0. The molecule has 104 valence electrons. The van der Waals surface area contributed by atoms with Crippen molar-refractivity contribution in [3.8, 4) is 0 Å². The van der Waals surface area contributed by atoms with E-state index in [2.05, 4.69) is 5.32 Å². The van der Waals surface area contributed by atoms with Gasteiger partial charge in [0, 0.05) is 0 Å². The minimum Gasteiger partial charge on any atom is -0.340 e. The first-order valence-electron chi connectivity index (χ1n) is 6.14. The zero-order chi connectivity index (χ0) is 14.1. The SMILES string of the molecule is CCC1(CC)C(=O)NC(C)(C)C(=O)N1CC(F)F. The molecule has 1 fully saturated rings. The Bertz CT molecular complexity index is 352. The summed E-state index contributed by atoms with van der Waals surface area (Å²) < 4.78 is 25.3. The van der Waals surface area contributed by atoms with Gasteiger partial charge in [-0.2, -0.15) is 0 Å². The van der Waals surface area contributed by atoms with E-state index in [9.17, 15) is 18.4 Å². The third-order valence-corrected chi connectivity index (χ3v) is 3.64. The van der Waals surface area contributed by atoms with Crippen LogP contribution in [0, 0.1) is 0 Å². The number of hydrogen-bond donors (Lipinski definition) is 1. The summed E-state index contributed by atoms with van der Waals surface area (Å²) in [6.45, 7) is 5.82. The molecule has 1 saturated heterocycles. The van der Waals surface area contributed by atoms with Gasteiger partial charge in [-0.3, -0.25) is 9.59 Å². The average molecular weight is 262 g/mol. The lowest BCUT2D eigenvalue weighted by atomic mass is 9.83. The molecule has 18 heavy (non-hydrogen) atoms. The first kappa shape index (κ1) is 14.9. The van der Waals surface area contributed by atoms with E-state index in [4.69, 9.17) is 0 Å². The van der Waals surface area contributed by atoms with E-state index >= 15 is 0 Å². The van der Waals surface area contributed by atoms with Gasteiger partial charge in [0.2, 0.25) is 11.8 Å². The van der Waals surface area contributed by atoms with Gasteiger partial charge in [-0.05, 0) is 26.7 Å². The summed E-state index contributed by atoms with van der Waals surface area (Å²) in [5.74, 6) is -0.802. The van der Waals surface area contributed by atoms with Crippen LogP contribution in [0.4, 0.5) is 8.78 Å². The minimum atomic E-state index is -2.65. The Balaban J connectivity index is 3.22. The number of nitrogens with one attached hydrogen (secondary N) is 1. The molecule has 1 aliphatic rings. The summed E-state index contributed by atoms with van der Waals surface area (Å²) in [5.41, 5.74) is -2.27. The van der Waals surface area contributed by atoms with Crippen LogP contribution in [0.1, 0.15) is 40.5 Å².